The first-order valence-corrected chi connectivity index (χ1v) is 6.51. The number of benzene rings is 1. The lowest BCUT2D eigenvalue weighted by atomic mass is 10.1. The van der Waals surface area contributed by atoms with Gasteiger partial charge in [0.2, 0.25) is 0 Å². The number of fused-ring (bicyclic) bond motifs is 1. The van der Waals surface area contributed by atoms with E-state index in [2.05, 4.69) is 50.1 Å². The van der Waals surface area contributed by atoms with Crippen LogP contribution < -0.4 is 4.90 Å². The van der Waals surface area contributed by atoms with Gasteiger partial charge in [0.05, 0.1) is 24.4 Å². The second-order valence-electron chi connectivity index (χ2n) is 4.10. The molecular formula is C13H13BrN2O. The molecule has 2 aromatic rings. The van der Waals surface area contributed by atoms with Gasteiger partial charge >= 0.3 is 0 Å². The van der Waals surface area contributed by atoms with Crippen molar-refractivity contribution < 1.29 is 4.74 Å². The molecule has 0 aliphatic carbocycles. The largest absolute Gasteiger partial charge is 0.378 e. The molecule has 3 rings (SSSR count). The van der Waals surface area contributed by atoms with E-state index in [1.807, 2.05) is 6.20 Å². The summed E-state index contributed by atoms with van der Waals surface area (Å²) in [6.07, 6.45) is 1.85. The van der Waals surface area contributed by atoms with Crippen molar-refractivity contribution in [2.45, 2.75) is 0 Å². The molecule has 1 aromatic heterocycles. The Hall–Kier alpha value is -1.13. The molecule has 0 saturated carbocycles. The van der Waals surface area contributed by atoms with Gasteiger partial charge in [0.15, 0.2) is 0 Å². The fourth-order valence-electron chi connectivity index (χ4n) is 2.18. The molecule has 0 amide bonds. The summed E-state index contributed by atoms with van der Waals surface area (Å²) >= 11 is 3.46. The second-order valence-corrected chi connectivity index (χ2v) is 5.02. The lowest BCUT2D eigenvalue weighted by Gasteiger charge is -2.29. The minimum absolute atomic E-state index is 0.799. The number of aromatic nitrogens is 1. The molecule has 3 nitrogen and oxygen atoms in total. The van der Waals surface area contributed by atoms with Crippen molar-refractivity contribution in [1.29, 1.82) is 0 Å². The first-order valence-electron chi connectivity index (χ1n) is 5.71. The SMILES string of the molecule is Brc1cnc2c(N3CCOCC3)cccc2c1. The molecule has 1 aromatic carbocycles. The Balaban J connectivity index is 2.09. The van der Waals surface area contributed by atoms with Gasteiger partial charge in [-0.15, -0.1) is 0 Å². The number of para-hydroxylation sites is 1. The molecule has 0 radical (unpaired) electrons. The molecule has 88 valence electrons. The van der Waals surface area contributed by atoms with Crippen molar-refractivity contribution >= 4 is 32.5 Å². The van der Waals surface area contributed by atoms with Crippen molar-refractivity contribution in [1.82, 2.24) is 4.98 Å². The third-order valence-electron chi connectivity index (χ3n) is 3.01. The number of hydrogen-bond donors (Lipinski definition) is 0. The molecule has 0 unspecified atom stereocenters. The lowest BCUT2D eigenvalue weighted by Crippen LogP contribution is -2.36. The predicted molar refractivity (Wildman–Crippen MR) is 72.5 cm³/mol. The summed E-state index contributed by atoms with van der Waals surface area (Å²) in [7, 11) is 0. The molecular weight excluding hydrogens is 280 g/mol. The van der Waals surface area contributed by atoms with Crippen LogP contribution >= 0.6 is 15.9 Å². The van der Waals surface area contributed by atoms with Crippen LogP contribution in [0.5, 0.6) is 0 Å². The second kappa shape index (κ2) is 4.63. The van der Waals surface area contributed by atoms with Crippen molar-refractivity contribution in [3.05, 3.63) is 34.9 Å². The third kappa shape index (κ3) is 2.15. The van der Waals surface area contributed by atoms with E-state index >= 15 is 0 Å². The maximum atomic E-state index is 5.38. The van der Waals surface area contributed by atoms with Gasteiger partial charge in [-0.3, -0.25) is 4.98 Å². The summed E-state index contributed by atoms with van der Waals surface area (Å²) < 4.78 is 6.40. The van der Waals surface area contributed by atoms with Crippen LogP contribution in [0.3, 0.4) is 0 Å². The summed E-state index contributed by atoms with van der Waals surface area (Å²) in [6, 6.07) is 8.42. The highest BCUT2D eigenvalue weighted by Crippen LogP contribution is 2.27. The van der Waals surface area contributed by atoms with Crippen LogP contribution in [0.1, 0.15) is 0 Å². The molecule has 0 spiro atoms. The molecule has 2 heterocycles. The Morgan fingerprint density at radius 2 is 2.06 bits per heavy atom. The first kappa shape index (κ1) is 11.0. The highest BCUT2D eigenvalue weighted by Gasteiger charge is 2.14. The highest BCUT2D eigenvalue weighted by atomic mass is 79.9. The van der Waals surface area contributed by atoms with Gasteiger partial charge in [0, 0.05) is 29.1 Å². The first-order chi connectivity index (χ1) is 8.34. The average Bonchev–Trinajstić information content (AvgIpc) is 2.39. The third-order valence-corrected chi connectivity index (χ3v) is 3.44. The van der Waals surface area contributed by atoms with E-state index in [0.29, 0.717) is 0 Å². The standard InChI is InChI=1S/C13H13BrN2O/c14-11-8-10-2-1-3-12(13(10)15-9-11)16-4-6-17-7-5-16/h1-3,8-9H,4-7H2. The summed E-state index contributed by atoms with van der Waals surface area (Å²) in [5.41, 5.74) is 2.27. The summed E-state index contributed by atoms with van der Waals surface area (Å²) in [5.74, 6) is 0. The molecule has 1 fully saturated rings. The minimum atomic E-state index is 0.799. The number of halogens is 1. The number of ether oxygens (including phenoxy) is 1. The van der Waals surface area contributed by atoms with Gasteiger partial charge in [0.25, 0.3) is 0 Å². The van der Waals surface area contributed by atoms with Crippen molar-refractivity contribution in [3.63, 3.8) is 0 Å². The van der Waals surface area contributed by atoms with Crippen LogP contribution in [0.15, 0.2) is 34.9 Å². The normalized spacial score (nSPS) is 16.4. The summed E-state index contributed by atoms with van der Waals surface area (Å²) in [5, 5.41) is 1.17. The molecule has 17 heavy (non-hydrogen) atoms. The zero-order chi connectivity index (χ0) is 11.7. The minimum Gasteiger partial charge on any atom is -0.378 e. The number of nitrogens with zero attached hydrogens (tertiary/aromatic N) is 2. The molecule has 1 saturated heterocycles. The maximum Gasteiger partial charge on any atom is 0.0936 e. The Bertz CT molecular complexity index is 538. The average molecular weight is 293 g/mol. The number of hydrogen-bond acceptors (Lipinski definition) is 3. The van der Waals surface area contributed by atoms with Crippen molar-refractivity contribution in [2.24, 2.45) is 0 Å². The van der Waals surface area contributed by atoms with E-state index in [-0.39, 0.29) is 0 Å². The van der Waals surface area contributed by atoms with E-state index in [1.165, 1.54) is 11.1 Å². The zero-order valence-electron chi connectivity index (χ0n) is 9.40. The summed E-state index contributed by atoms with van der Waals surface area (Å²) in [6.45, 7) is 3.48. The predicted octanol–water partition coefficient (Wildman–Crippen LogP) is 2.83. The van der Waals surface area contributed by atoms with Crippen molar-refractivity contribution in [3.8, 4) is 0 Å². The monoisotopic (exact) mass is 292 g/mol. The number of anilines is 1. The quantitative estimate of drug-likeness (QED) is 0.808. The van der Waals surface area contributed by atoms with Crippen LogP contribution in [0.2, 0.25) is 0 Å². The Labute approximate surface area is 109 Å². The van der Waals surface area contributed by atoms with Gasteiger partial charge in [-0.05, 0) is 28.1 Å². The zero-order valence-corrected chi connectivity index (χ0v) is 11.0. The number of pyridine rings is 1. The van der Waals surface area contributed by atoms with Gasteiger partial charge in [-0.2, -0.15) is 0 Å². The van der Waals surface area contributed by atoms with Crippen LogP contribution in [0.4, 0.5) is 5.69 Å². The molecule has 1 aliphatic rings. The lowest BCUT2D eigenvalue weighted by molar-refractivity contribution is 0.123. The summed E-state index contributed by atoms with van der Waals surface area (Å²) in [4.78, 5) is 6.87. The molecule has 0 N–H and O–H groups in total. The Morgan fingerprint density at radius 3 is 2.88 bits per heavy atom. The van der Waals surface area contributed by atoms with Gasteiger partial charge in [-0.25, -0.2) is 0 Å². The number of rotatable bonds is 1. The fraction of sp³-hybridized carbons (Fsp3) is 0.308. The maximum absolute atomic E-state index is 5.38. The van der Waals surface area contributed by atoms with E-state index in [9.17, 15) is 0 Å². The van der Waals surface area contributed by atoms with E-state index < -0.39 is 0 Å². The molecule has 0 atom stereocenters. The fourth-order valence-corrected chi connectivity index (χ4v) is 2.53. The van der Waals surface area contributed by atoms with E-state index in [0.717, 1.165) is 36.3 Å². The smallest absolute Gasteiger partial charge is 0.0936 e. The van der Waals surface area contributed by atoms with Crippen molar-refractivity contribution in [2.75, 3.05) is 31.2 Å². The van der Waals surface area contributed by atoms with Crippen LogP contribution in [0.25, 0.3) is 10.9 Å². The highest BCUT2D eigenvalue weighted by molar-refractivity contribution is 9.10. The van der Waals surface area contributed by atoms with Crippen LogP contribution in [0, 0.1) is 0 Å². The molecule has 0 bridgehead atoms. The van der Waals surface area contributed by atoms with Gasteiger partial charge in [0.1, 0.15) is 0 Å². The van der Waals surface area contributed by atoms with Gasteiger partial charge in [-0.1, -0.05) is 12.1 Å². The topological polar surface area (TPSA) is 25.4 Å². The molecule has 1 aliphatic heterocycles. The number of morpholine rings is 1. The van der Waals surface area contributed by atoms with Gasteiger partial charge < -0.3 is 9.64 Å². The van der Waals surface area contributed by atoms with Crippen LogP contribution in [-0.2, 0) is 4.74 Å². The van der Waals surface area contributed by atoms with E-state index in [4.69, 9.17) is 4.74 Å². The van der Waals surface area contributed by atoms with E-state index in [1.54, 1.807) is 0 Å². The molecule has 4 heteroatoms. The Morgan fingerprint density at radius 1 is 1.24 bits per heavy atom. The Kier molecular flexibility index (Phi) is 2.99. The van der Waals surface area contributed by atoms with Crippen LogP contribution in [-0.4, -0.2) is 31.3 Å².